The van der Waals surface area contributed by atoms with Crippen molar-refractivity contribution in [3.63, 3.8) is 0 Å². The molecule has 1 aliphatic rings. The minimum atomic E-state index is -2.14. The maximum absolute atomic E-state index is 5.73. The molecule has 2 nitrogen and oxygen atoms in total. The van der Waals surface area contributed by atoms with Crippen molar-refractivity contribution in [3.05, 3.63) is 30.3 Å². The molecule has 0 bridgehead atoms. The van der Waals surface area contributed by atoms with Gasteiger partial charge in [0.25, 0.3) is 0 Å². The average Bonchev–Trinajstić information content (AvgIpc) is 3.11. The van der Waals surface area contributed by atoms with Gasteiger partial charge in [-0.25, -0.2) is 0 Å². The highest BCUT2D eigenvalue weighted by atomic mass is 32.2. The van der Waals surface area contributed by atoms with Gasteiger partial charge in [-0.2, -0.15) is 11.8 Å². The first-order valence-electron chi connectivity index (χ1n) is 5.08. The standard InChI is InChI=1S/C11H16O2SSi/c1-12-15(13-2,9-10-8-14-10)11-6-4-3-5-7-11/h3-7,10H,8-9H2,1-2H3. The molecule has 0 N–H and O–H groups in total. The Morgan fingerprint density at radius 3 is 2.33 bits per heavy atom. The zero-order chi connectivity index (χ0) is 10.7. The van der Waals surface area contributed by atoms with Gasteiger partial charge in [-0.3, -0.25) is 0 Å². The van der Waals surface area contributed by atoms with E-state index in [1.54, 1.807) is 14.2 Å². The second kappa shape index (κ2) is 4.70. The molecule has 0 aromatic heterocycles. The van der Waals surface area contributed by atoms with E-state index in [1.807, 2.05) is 17.8 Å². The maximum Gasteiger partial charge on any atom is 0.373 e. The summed E-state index contributed by atoms with van der Waals surface area (Å²) in [5.41, 5.74) is 0. The largest absolute Gasteiger partial charge is 0.394 e. The summed E-state index contributed by atoms with van der Waals surface area (Å²) < 4.78 is 11.5. The Kier molecular flexibility index (Phi) is 3.51. The van der Waals surface area contributed by atoms with Gasteiger partial charge >= 0.3 is 8.56 Å². The van der Waals surface area contributed by atoms with Crippen LogP contribution in [0.15, 0.2) is 30.3 Å². The van der Waals surface area contributed by atoms with Crippen molar-refractivity contribution in [3.8, 4) is 0 Å². The number of benzene rings is 1. The smallest absolute Gasteiger partial charge is 0.373 e. The van der Waals surface area contributed by atoms with Crippen LogP contribution in [0.5, 0.6) is 0 Å². The number of rotatable bonds is 5. The van der Waals surface area contributed by atoms with E-state index in [4.69, 9.17) is 8.85 Å². The minimum Gasteiger partial charge on any atom is -0.394 e. The first kappa shape index (κ1) is 11.2. The summed E-state index contributed by atoms with van der Waals surface area (Å²) >= 11 is 2.00. The van der Waals surface area contributed by atoms with E-state index in [0.29, 0.717) is 0 Å². The molecule has 1 fully saturated rings. The number of hydrogen-bond donors (Lipinski definition) is 0. The third-order valence-electron chi connectivity index (χ3n) is 2.77. The third kappa shape index (κ3) is 2.45. The van der Waals surface area contributed by atoms with Crippen LogP contribution < -0.4 is 5.19 Å². The van der Waals surface area contributed by atoms with Crippen LogP contribution in [0.4, 0.5) is 0 Å². The summed E-state index contributed by atoms with van der Waals surface area (Å²) in [4.78, 5) is 0. The summed E-state index contributed by atoms with van der Waals surface area (Å²) in [7, 11) is 1.41. The van der Waals surface area contributed by atoms with E-state index in [2.05, 4.69) is 24.3 Å². The molecule has 4 heteroatoms. The Morgan fingerprint density at radius 1 is 1.27 bits per heavy atom. The van der Waals surface area contributed by atoms with Crippen LogP contribution in [0.25, 0.3) is 0 Å². The lowest BCUT2D eigenvalue weighted by Crippen LogP contribution is -2.53. The Labute approximate surface area is 96.2 Å². The molecule has 1 aromatic rings. The molecule has 0 amide bonds. The van der Waals surface area contributed by atoms with Gasteiger partial charge in [0.15, 0.2) is 0 Å². The molecule has 1 saturated heterocycles. The van der Waals surface area contributed by atoms with E-state index < -0.39 is 8.56 Å². The molecule has 82 valence electrons. The summed E-state index contributed by atoms with van der Waals surface area (Å²) in [5.74, 6) is 1.26. The number of thioether (sulfide) groups is 1. The lowest BCUT2D eigenvalue weighted by molar-refractivity contribution is 0.258. The predicted octanol–water partition coefficient (Wildman–Crippen LogP) is 1.74. The molecule has 0 spiro atoms. The zero-order valence-electron chi connectivity index (χ0n) is 9.10. The molecule has 0 aliphatic carbocycles. The molecule has 1 aromatic carbocycles. The van der Waals surface area contributed by atoms with Crippen LogP contribution in [0, 0.1) is 0 Å². The van der Waals surface area contributed by atoms with Crippen LogP contribution in [-0.2, 0) is 8.85 Å². The monoisotopic (exact) mass is 240 g/mol. The van der Waals surface area contributed by atoms with E-state index >= 15 is 0 Å². The van der Waals surface area contributed by atoms with Crippen molar-refractivity contribution < 1.29 is 8.85 Å². The van der Waals surface area contributed by atoms with Gasteiger partial charge in [0.2, 0.25) is 0 Å². The first-order chi connectivity index (χ1) is 7.30. The number of hydrogen-bond acceptors (Lipinski definition) is 3. The Balaban J connectivity index is 2.23. The van der Waals surface area contributed by atoms with E-state index in [-0.39, 0.29) is 0 Å². The highest BCUT2D eigenvalue weighted by Crippen LogP contribution is 2.37. The van der Waals surface area contributed by atoms with Gasteiger partial charge in [0.05, 0.1) is 0 Å². The van der Waals surface area contributed by atoms with Gasteiger partial charge in [-0.15, -0.1) is 0 Å². The van der Waals surface area contributed by atoms with Crippen LogP contribution in [-0.4, -0.2) is 33.8 Å². The molecule has 1 heterocycles. The first-order valence-corrected chi connectivity index (χ1v) is 8.15. The molecule has 0 saturated carbocycles. The van der Waals surface area contributed by atoms with Crippen molar-refractivity contribution >= 4 is 25.5 Å². The second-order valence-electron chi connectivity index (χ2n) is 3.69. The lowest BCUT2D eigenvalue weighted by Gasteiger charge is -2.27. The molecular formula is C11H16O2SSi. The van der Waals surface area contributed by atoms with Crippen molar-refractivity contribution in [2.45, 2.75) is 11.3 Å². The topological polar surface area (TPSA) is 18.5 Å². The van der Waals surface area contributed by atoms with E-state index in [0.717, 1.165) is 11.3 Å². The van der Waals surface area contributed by atoms with Crippen molar-refractivity contribution in [1.29, 1.82) is 0 Å². The SMILES string of the molecule is CO[Si](CC1CS1)(OC)c1ccccc1. The second-order valence-corrected chi connectivity index (χ2v) is 8.33. The quantitative estimate of drug-likeness (QED) is 0.577. The van der Waals surface area contributed by atoms with Crippen molar-refractivity contribution in [2.24, 2.45) is 0 Å². The van der Waals surface area contributed by atoms with Gasteiger partial charge in [-0.1, -0.05) is 30.3 Å². The summed E-state index contributed by atoms with van der Waals surface area (Å²) in [5, 5.41) is 1.99. The molecule has 1 unspecified atom stereocenters. The Hall–Kier alpha value is -0.293. The minimum absolute atomic E-state index is 0.747. The fourth-order valence-electron chi connectivity index (χ4n) is 1.78. The van der Waals surface area contributed by atoms with Crippen molar-refractivity contribution in [1.82, 2.24) is 0 Å². The molecule has 15 heavy (non-hydrogen) atoms. The van der Waals surface area contributed by atoms with Crippen LogP contribution >= 0.6 is 11.8 Å². The summed E-state index contributed by atoms with van der Waals surface area (Å²) in [6.07, 6.45) is 0. The van der Waals surface area contributed by atoms with Crippen LogP contribution in [0.3, 0.4) is 0 Å². The predicted molar refractivity (Wildman–Crippen MR) is 66.9 cm³/mol. The molecule has 2 rings (SSSR count). The lowest BCUT2D eigenvalue weighted by atomic mass is 10.4. The normalized spacial score (nSPS) is 20.3. The highest BCUT2D eigenvalue weighted by Gasteiger charge is 2.43. The molecular weight excluding hydrogens is 224 g/mol. The van der Waals surface area contributed by atoms with Crippen molar-refractivity contribution in [2.75, 3.05) is 20.0 Å². The zero-order valence-corrected chi connectivity index (χ0v) is 10.9. The van der Waals surface area contributed by atoms with Gasteiger partial charge in [0.1, 0.15) is 0 Å². The van der Waals surface area contributed by atoms with Gasteiger partial charge in [-0.05, 0) is 5.19 Å². The van der Waals surface area contributed by atoms with E-state index in [9.17, 15) is 0 Å². The summed E-state index contributed by atoms with van der Waals surface area (Å²) in [6.45, 7) is 0. The fraction of sp³-hybridized carbons (Fsp3) is 0.455. The van der Waals surface area contributed by atoms with Crippen LogP contribution in [0.1, 0.15) is 0 Å². The highest BCUT2D eigenvalue weighted by molar-refractivity contribution is 8.07. The molecule has 0 radical (unpaired) electrons. The van der Waals surface area contributed by atoms with Gasteiger partial charge in [0, 0.05) is 31.3 Å². The van der Waals surface area contributed by atoms with Crippen LogP contribution in [0.2, 0.25) is 6.04 Å². The fourth-order valence-corrected chi connectivity index (χ4v) is 6.03. The molecule has 1 aliphatic heterocycles. The third-order valence-corrected chi connectivity index (χ3v) is 7.60. The Bertz CT molecular complexity index is 310. The Morgan fingerprint density at radius 2 is 1.87 bits per heavy atom. The van der Waals surface area contributed by atoms with Gasteiger partial charge < -0.3 is 8.85 Å². The maximum atomic E-state index is 5.73. The molecule has 1 atom stereocenters. The van der Waals surface area contributed by atoms with E-state index in [1.165, 1.54) is 10.9 Å². The summed E-state index contributed by atoms with van der Waals surface area (Å²) in [6, 6.07) is 11.4. The average molecular weight is 240 g/mol.